The summed E-state index contributed by atoms with van der Waals surface area (Å²) in [7, 11) is -3.54. The second kappa shape index (κ2) is 8.01. The highest BCUT2D eigenvalue weighted by atomic mass is 32.2. The Balaban J connectivity index is 1.57. The van der Waals surface area contributed by atoms with Crippen molar-refractivity contribution in [3.8, 4) is 0 Å². The number of nitrogens with zero attached hydrogens (tertiary/aromatic N) is 1. The van der Waals surface area contributed by atoms with Crippen LogP contribution < -0.4 is 4.72 Å². The summed E-state index contributed by atoms with van der Waals surface area (Å²) in [5.74, 6) is 0.213. The summed E-state index contributed by atoms with van der Waals surface area (Å²) in [5, 5.41) is 0. The van der Waals surface area contributed by atoms with Crippen molar-refractivity contribution in [2.24, 2.45) is 0 Å². The molecule has 0 unspecified atom stereocenters. The fourth-order valence-electron chi connectivity index (χ4n) is 3.01. The number of nitrogens with one attached hydrogen (secondary N) is 1. The molecule has 0 atom stereocenters. The Morgan fingerprint density at radius 1 is 1.00 bits per heavy atom. The Hall–Kier alpha value is -2.18. The molecule has 0 saturated carbocycles. The first-order valence-electron chi connectivity index (χ1n) is 8.86. The highest BCUT2D eigenvalue weighted by Crippen LogP contribution is 2.14. The highest BCUT2D eigenvalue weighted by Gasteiger charge is 2.19. The van der Waals surface area contributed by atoms with Crippen LogP contribution >= 0.6 is 0 Å². The number of likely N-dealkylation sites (tertiary alicyclic amines) is 1. The third-order valence-electron chi connectivity index (χ3n) is 4.66. The van der Waals surface area contributed by atoms with E-state index in [0.29, 0.717) is 13.0 Å². The molecule has 1 aliphatic heterocycles. The van der Waals surface area contributed by atoms with Crippen molar-refractivity contribution in [3.63, 3.8) is 0 Å². The van der Waals surface area contributed by atoms with E-state index in [-0.39, 0.29) is 17.3 Å². The van der Waals surface area contributed by atoms with Crippen molar-refractivity contribution in [2.45, 2.75) is 37.6 Å². The van der Waals surface area contributed by atoms with Crippen LogP contribution in [0.2, 0.25) is 0 Å². The standard InChI is InChI=1S/C20H24N2O3S/c1-16-4-6-18(7-5-16)15-21-26(24,25)19-10-8-17(9-11-19)12-14-22-13-2-3-20(22)23/h4-11,21H,2-3,12-15H2,1H3. The van der Waals surface area contributed by atoms with E-state index in [4.69, 9.17) is 0 Å². The molecule has 0 aromatic heterocycles. The van der Waals surface area contributed by atoms with Gasteiger partial charge in [-0.15, -0.1) is 0 Å². The number of carbonyl (C=O) groups is 1. The normalized spacial score (nSPS) is 14.8. The zero-order chi connectivity index (χ0) is 18.6. The summed E-state index contributed by atoms with van der Waals surface area (Å²) in [6.45, 7) is 3.78. The van der Waals surface area contributed by atoms with Gasteiger partial charge in [0.05, 0.1) is 4.90 Å². The van der Waals surface area contributed by atoms with Crippen LogP contribution in [-0.4, -0.2) is 32.3 Å². The third-order valence-corrected chi connectivity index (χ3v) is 6.08. The Morgan fingerprint density at radius 3 is 2.27 bits per heavy atom. The van der Waals surface area contributed by atoms with Gasteiger partial charge in [0.1, 0.15) is 0 Å². The molecule has 1 N–H and O–H groups in total. The molecule has 138 valence electrons. The van der Waals surface area contributed by atoms with E-state index in [1.165, 1.54) is 0 Å². The smallest absolute Gasteiger partial charge is 0.240 e. The maximum atomic E-state index is 12.4. The van der Waals surface area contributed by atoms with Crippen molar-refractivity contribution in [3.05, 3.63) is 65.2 Å². The van der Waals surface area contributed by atoms with Gasteiger partial charge in [-0.05, 0) is 43.0 Å². The lowest BCUT2D eigenvalue weighted by Gasteiger charge is -2.15. The van der Waals surface area contributed by atoms with Gasteiger partial charge < -0.3 is 4.90 Å². The fourth-order valence-corrected chi connectivity index (χ4v) is 4.03. The van der Waals surface area contributed by atoms with E-state index >= 15 is 0 Å². The van der Waals surface area contributed by atoms with Crippen LogP contribution in [0, 0.1) is 6.92 Å². The zero-order valence-electron chi connectivity index (χ0n) is 14.9. The molecule has 1 amide bonds. The molecule has 0 aliphatic carbocycles. The van der Waals surface area contributed by atoms with Gasteiger partial charge in [-0.1, -0.05) is 42.0 Å². The van der Waals surface area contributed by atoms with Gasteiger partial charge in [0, 0.05) is 26.1 Å². The highest BCUT2D eigenvalue weighted by molar-refractivity contribution is 7.89. The van der Waals surface area contributed by atoms with Crippen LogP contribution in [-0.2, 0) is 27.8 Å². The predicted octanol–water partition coefficient (Wildman–Crippen LogP) is 2.64. The van der Waals surface area contributed by atoms with Crippen LogP contribution in [0.1, 0.15) is 29.5 Å². The molecule has 26 heavy (non-hydrogen) atoms. The summed E-state index contributed by atoms with van der Waals surface area (Å²) in [5.41, 5.74) is 3.09. The third kappa shape index (κ3) is 4.71. The number of benzene rings is 2. The first kappa shape index (κ1) is 18.6. The Bertz CT molecular complexity index is 859. The van der Waals surface area contributed by atoms with Crippen LogP contribution in [0.5, 0.6) is 0 Å². The summed E-state index contributed by atoms with van der Waals surface area (Å²) >= 11 is 0. The number of rotatable bonds is 7. The minimum Gasteiger partial charge on any atom is -0.342 e. The monoisotopic (exact) mass is 372 g/mol. The average Bonchev–Trinajstić information content (AvgIpc) is 3.05. The maximum Gasteiger partial charge on any atom is 0.240 e. The summed E-state index contributed by atoms with van der Waals surface area (Å²) in [6.07, 6.45) is 2.31. The van der Waals surface area contributed by atoms with Crippen molar-refractivity contribution in [1.29, 1.82) is 0 Å². The van der Waals surface area contributed by atoms with E-state index in [1.54, 1.807) is 12.1 Å². The Kier molecular flexibility index (Phi) is 5.74. The molecule has 1 aliphatic rings. The molecule has 1 fully saturated rings. The zero-order valence-corrected chi connectivity index (χ0v) is 15.8. The van der Waals surface area contributed by atoms with Gasteiger partial charge in [-0.25, -0.2) is 13.1 Å². The first-order chi connectivity index (χ1) is 12.4. The number of hydrogen-bond donors (Lipinski definition) is 1. The molecule has 0 bridgehead atoms. The first-order valence-corrected chi connectivity index (χ1v) is 10.3. The summed E-state index contributed by atoms with van der Waals surface area (Å²) in [6, 6.07) is 14.6. The minimum absolute atomic E-state index is 0.213. The van der Waals surface area contributed by atoms with Crippen molar-refractivity contribution < 1.29 is 13.2 Å². The lowest BCUT2D eigenvalue weighted by atomic mass is 10.1. The molecule has 1 saturated heterocycles. The van der Waals surface area contributed by atoms with E-state index in [2.05, 4.69) is 4.72 Å². The van der Waals surface area contributed by atoms with Gasteiger partial charge in [0.15, 0.2) is 0 Å². The molecule has 2 aromatic carbocycles. The van der Waals surface area contributed by atoms with Gasteiger partial charge >= 0.3 is 0 Å². The number of sulfonamides is 1. The van der Waals surface area contributed by atoms with Gasteiger partial charge in [-0.2, -0.15) is 0 Å². The predicted molar refractivity (Wildman–Crippen MR) is 101 cm³/mol. The fraction of sp³-hybridized carbons (Fsp3) is 0.350. The molecule has 0 spiro atoms. The van der Waals surface area contributed by atoms with E-state index in [0.717, 1.165) is 36.1 Å². The minimum atomic E-state index is -3.54. The SMILES string of the molecule is Cc1ccc(CNS(=O)(=O)c2ccc(CCN3CCCC3=O)cc2)cc1. The molecule has 2 aromatic rings. The molecule has 0 radical (unpaired) electrons. The molecule has 3 rings (SSSR count). The quantitative estimate of drug-likeness (QED) is 0.812. The van der Waals surface area contributed by atoms with Crippen LogP contribution in [0.15, 0.2) is 53.4 Å². The molecular formula is C20H24N2O3S. The van der Waals surface area contributed by atoms with Gasteiger partial charge in [-0.3, -0.25) is 4.79 Å². The number of carbonyl (C=O) groups excluding carboxylic acids is 1. The van der Waals surface area contributed by atoms with E-state index < -0.39 is 10.0 Å². The molecule has 1 heterocycles. The Labute approximate surface area is 155 Å². The lowest BCUT2D eigenvalue weighted by Crippen LogP contribution is -2.27. The number of hydrogen-bond acceptors (Lipinski definition) is 3. The maximum absolute atomic E-state index is 12.4. The van der Waals surface area contributed by atoms with E-state index in [1.807, 2.05) is 48.2 Å². The Morgan fingerprint density at radius 2 is 1.65 bits per heavy atom. The second-order valence-corrected chi connectivity index (χ2v) is 8.46. The van der Waals surface area contributed by atoms with Crippen LogP contribution in [0.3, 0.4) is 0 Å². The van der Waals surface area contributed by atoms with Gasteiger partial charge in [0.25, 0.3) is 0 Å². The van der Waals surface area contributed by atoms with Crippen LogP contribution in [0.25, 0.3) is 0 Å². The van der Waals surface area contributed by atoms with Crippen molar-refractivity contribution in [1.82, 2.24) is 9.62 Å². The average molecular weight is 372 g/mol. The summed E-state index contributed by atoms with van der Waals surface area (Å²) < 4.78 is 27.5. The lowest BCUT2D eigenvalue weighted by molar-refractivity contribution is -0.127. The second-order valence-electron chi connectivity index (χ2n) is 6.69. The van der Waals surface area contributed by atoms with Crippen molar-refractivity contribution in [2.75, 3.05) is 13.1 Å². The number of aryl methyl sites for hydroxylation is 1. The molecule has 5 nitrogen and oxygen atoms in total. The molecular weight excluding hydrogens is 348 g/mol. The molecule has 6 heteroatoms. The topological polar surface area (TPSA) is 66.5 Å². The van der Waals surface area contributed by atoms with Crippen molar-refractivity contribution >= 4 is 15.9 Å². The number of amides is 1. The van der Waals surface area contributed by atoms with E-state index in [9.17, 15) is 13.2 Å². The van der Waals surface area contributed by atoms with Gasteiger partial charge in [0.2, 0.25) is 15.9 Å². The summed E-state index contributed by atoms with van der Waals surface area (Å²) in [4.78, 5) is 13.8. The largest absolute Gasteiger partial charge is 0.342 e. The van der Waals surface area contributed by atoms with Crippen LogP contribution in [0.4, 0.5) is 0 Å².